The number of benzene rings is 5. The quantitative estimate of drug-likeness (QED) is 0.163. The Morgan fingerprint density at radius 1 is 0.327 bits per heavy atom. The van der Waals surface area contributed by atoms with E-state index in [0.717, 1.165) is 71.4 Å². The summed E-state index contributed by atoms with van der Waals surface area (Å²) in [4.78, 5) is 31.2. The molecule has 0 fully saturated rings. The third-order valence-electron chi connectivity index (χ3n) is 9.73. The summed E-state index contributed by atoms with van der Waals surface area (Å²) in [7, 11) is 0. The fourth-order valence-electron chi connectivity index (χ4n) is 7.05. The van der Waals surface area contributed by atoms with Gasteiger partial charge in [0.1, 0.15) is 0 Å². The van der Waals surface area contributed by atoms with Crippen LogP contribution < -0.4 is 0 Å². The Kier molecular flexibility index (Phi) is 8.24. The standard InChI is InChI=1S/C48H30N6S/c1-3-11-34(12-4-1)46-52-47(35-13-5-2-6-14-35)54-48(53-46)36-25-21-32(22-26-36)31-19-23-33(24-20-31)43-42-41(39-17-7-8-18-40(39)51-43)44(37-15-9-27-49-29-37)55-45(42)38-16-10-28-50-30-38/h1-30H. The SMILES string of the molecule is c1ccc(-c2nc(-c3ccccc3)nc(-c3ccc(-c4ccc(-c5nc6ccccc6c6c(-c7cccnc7)sc(-c7cccnc7)c56)cc4)cc3)n2)cc1. The molecule has 0 atom stereocenters. The fourth-order valence-corrected chi connectivity index (χ4v) is 8.35. The van der Waals surface area contributed by atoms with E-state index in [1.54, 1.807) is 11.3 Å². The first kappa shape index (κ1) is 32.4. The molecule has 0 N–H and O–H groups in total. The molecule has 0 aliphatic rings. The summed E-state index contributed by atoms with van der Waals surface area (Å²) in [5, 5.41) is 3.42. The number of rotatable bonds is 7. The van der Waals surface area contributed by atoms with Crippen molar-refractivity contribution < 1.29 is 0 Å². The van der Waals surface area contributed by atoms with E-state index in [1.807, 2.05) is 97.6 Å². The number of para-hydroxylation sites is 1. The minimum absolute atomic E-state index is 0.631. The fraction of sp³-hybridized carbons (Fsp3) is 0. The molecular weight excluding hydrogens is 693 g/mol. The van der Waals surface area contributed by atoms with E-state index in [-0.39, 0.29) is 0 Å². The van der Waals surface area contributed by atoms with Gasteiger partial charge in [0.2, 0.25) is 0 Å². The van der Waals surface area contributed by atoms with Crippen molar-refractivity contribution in [2.75, 3.05) is 0 Å². The second-order valence-corrected chi connectivity index (χ2v) is 14.2. The Hall–Kier alpha value is -7.22. The largest absolute Gasteiger partial charge is 0.264 e. The number of pyridine rings is 3. The van der Waals surface area contributed by atoms with Gasteiger partial charge in [0.15, 0.2) is 17.5 Å². The summed E-state index contributed by atoms with van der Waals surface area (Å²) in [5.74, 6) is 1.92. The Bertz CT molecular complexity index is 2880. The van der Waals surface area contributed by atoms with Crippen molar-refractivity contribution in [3.63, 3.8) is 0 Å². The van der Waals surface area contributed by atoms with Crippen LogP contribution in [0.15, 0.2) is 183 Å². The number of aromatic nitrogens is 6. The van der Waals surface area contributed by atoms with Crippen molar-refractivity contribution in [2.24, 2.45) is 0 Å². The highest BCUT2D eigenvalue weighted by molar-refractivity contribution is 7.21. The van der Waals surface area contributed by atoms with Gasteiger partial charge in [-0.15, -0.1) is 11.3 Å². The Morgan fingerprint density at radius 2 is 0.764 bits per heavy atom. The lowest BCUT2D eigenvalue weighted by Gasteiger charge is -2.11. The first-order chi connectivity index (χ1) is 27.3. The van der Waals surface area contributed by atoms with E-state index in [1.165, 1.54) is 10.3 Å². The summed E-state index contributed by atoms with van der Waals surface area (Å²) >= 11 is 1.77. The number of hydrogen-bond donors (Lipinski definition) is 0. The highest BCUT2D eigenvalue weighted by atomic mass is 32.1. The maximum Gasteiger partial charge on any atom is 0.164 e. The second kappa shape index (κ2) is 14.0. The van der Waals surface area contributed by atoms with Gasteiger partial charge in [-0.2, -0.15) is 0 Å². The first-order valence-corrected chi connectivity index (χ1v) is 18.8. The maximum absolute atomic E-state index is 5.32. The second-order valence-electron chi connectivity index (χ2n) is 13.2. The Labute approximate surface area is 321 Å². The molecule has 0 unspecified atom stereocenters. The number of nitrogens with zero attached hydrogens (tertiary/aromatic N) is 6. The molecule has 5 aromatic carbocycles. The van der Waals surface area contributed by atoms with E-state index in [0.29, 0.717) is 17.5 Å². The molecular formula is C48H30N6S. The summed E-state index contributed by atoms with van der Waals surface area (Å²) in [6.07, 6.45) is 7.51. The minimum atomic E-state index is 0.631. The third-order valence-corrected chi connectivity index (χ3v) is 11.0. The van der Waals surface area contributed by atoms with Crippen molar-refractivity contribution in [1.29, 1.82) is 0 Å². The minimum Gasteiger partial charge on any atom is -0.264 e. The van der Waals surface area contributed by atoms with Crippen LogP contribution in [0.4, 0.5) is 0 Å². The third kappa shape index (κ3) is 6.12. The molecule has 0 amide bonds. The predicted octanol–water partition coefficient (Wildman–Crippen LogP) is 12.1. The highest BCUT2D eigenvalue weighted by Gasteiger charge is 2.22. The molecule has 55 heavy (non-hydrogen) atoms. The van der Waals surface area contributed by atoms with Crippen molar-refractivity contribution >= 4 is 33.0 Å². The first-order valence-electron chi connectivity index (χ1n) is 18.0. The highest BCUT2D eigenvalue weighted by Crippen LogP contribution is 2.49. The van der Waals surface area contributed by atoms with Gasteiger partial charge in [0.05, 0.1) is 11.2 Å². The van der Waals surface area contributed by atoms with Gasteiger partial charge in [-0.25, -0.2) is 19.9 Å². The van der Waals surface area contributed by atoms with Crippen molar-refractivity contribution in [1.82, 2.24) is 29.9 Å². The molecule has 10 rings (SSSR count). The van der Waals surface area contributed by atoms with E-state index in [2.05, 4.69) is 94.9 Å². The predicted molar refractivity (Wildman–Crippen MR) is 224 cm³/mol. The molecule has 0 aliphatic heterocycles. The molecule has 7 heteroatoms. The van der Waals surface area contributed by atoms with Gasteiger partial charge in [0, 0.05) is 84.1 Å². The molecule has 5 heterocycles. The maximum atomic E-state index is 5.32. The van der Waals surface area contributed by atoms with Gasteiger partial charge >= 0.3 is 0 Å². The van der Waals surface area contributed by atoms with Crippen LogP contribution in [0.25, 0.3) is 99.1 Å². The van der Waals surface area contributed by atoms with Crippen molar-refractivity contribution in [3.8, 4) is 77.4 Å². The van der Waals surface area contributed by atoms with E-state index in [4.69, 9.17) is 19.9 Å². The monoisotopic (exact) mass is 722 g/mol. The van der Waals surface area contributed by atoms with Crippen LogP contribution in [0.5, 0.6) is 0 Å². The lowest BCUT2D eigenvalue weighted by molar-refractivity contribution is 1.07. The lowest BCUT2D eigenvalue weighted by Crippen LogP contribution is -2.00. The molecule has 10 aromatic rings. The van der Waals surface area contributed by atoms with Crippen LogP contribution in [0.3, 0.4) is 0 Å². The molecule has 0 bridgehead atoms. The van der Waals surface area contributed by atoms with Gasteiger partial charge in [-0.1, -0.05) is 140 Å². The molecule has 0 saturated heterocycles. The molecule has 0 aliphatic carbocycles. The lowest BCUT2D eigenvalue weighted by atomic mass is 9.96. The molecule has 0 saturated carbocycles. The van der Waals surface area contributed by atoms with E-state index in [9.17, 15) is 0 Å². The van der Waals surface area contributed by atoms with Crippen LogP contribution in [0.1, 0.15) is 0 Å². The Balaban J connectivity index is 1.05. The van der Waals surface area contributed by atoms with Crippen molar-refractivity contribution in [2.45, 2.75) is 0 Å². The van der Waals surface area contributed by atoms with Crippen LogP contribution >= 0.6 is 11.3 Å². The van der Waals surface area contributed by atoms with Gasteiger partial charge < -0.3 is 0 Å². The van der Waals surface area contributed by atoms with Crippen LogP contribution in [0, 0.1) is 0 Å². The summed E-state index contributed by atoms with van der Waals surface area (Å²) in [6, 6.07) is 53.9. The normalized spacial score (nSPS) is 11.3. The van der Waals surface area contributed by atoms with Crippen LogP contribution in [0.2, 0.25) is 0 Å². The van der Waals surface area contributed by atoms with Gasteiger partial charge in [0.25, 0.3) is 0 Å². The molecule has 0 spiro atoms. The average Bonchev–Trinajstić information content (AvgIpc) is 3.69. The average molecular weight is 723 g/mol. The molecule has 0 radical (unpaired) electrons. The van der Waals surface area contributed by atoms with Gasteiger partial charge in [-0.05, 0) is 29.3 Å². The number of hydrogen-bond acceptors (Lipinski definition) is 7. The summed E-state index contributed by atoms with van der Waals surface area (Å²) in [5.41, 5.74) is 10.1. The number of thiophene rings is 1. The van der Waals surface area contributed by atoms with Crippen LogP contribution in [-0.4, -0.2) is 29.9 Å². The van der Waals surface area contributed by atoms with Gasteiger partial charge in [-0.3, -0.25) is 9.97 Å². The van der Waals surface area contributed by atoms with E-state index < -0.39 is 0 Å². The van der Waals surface area contributed by atoms with E-state index >= 15 is 0 Å². The number of fused-ring (bicyclic) bond motifs is 3. The van der Waals surface area contributed by atoms with Crippen LogP contribution in [-0.2, 0) is 0 Å². The topological polar surface area (TPSA) is 77.3 Å². The summed E-state index contributed by atoms with van der Waals surface area (Å²) in [6.45, 7) is 0. The molecule has 258 valence electrons. The molecule has 5 aromatic heterocycles. The zero-order chi connectivity index (χ0) is 36.6. The zero-order valence-corrected chi connectivity index (χ0v) is 30.2. The Morgan fingerprint density at radius 3 is 1.29 bits per heavy atom. The smallest absolute Gasteiger partial charge is 0.164 e. The zero-order valence-electron chi connectivity index (χ0n) is 29.4. The summed E-state index contributed by atoms with van der Waals surface area (Å²) < 4.78 is 0. The van der Waals surface area contributed by atoms with Crippen molar-refractivity contribution in [3.05, 3.63) is 183 Å². The molecule has 6 nitrogen and oxygen atoms in total.